The zero-order valence-electron chi connectivity index (χ0n) is 14.3. The molecule has 0 aliphatic heterocycles. The van der Waals surface area contributed by atoms with Gasteiger partial charge in [-0.1, -0.05) is 18.2 Å². The lowest BCUT2D eigenvalue weighted by Crippen LogP contribution is -2.23. The van der Waals surface area contributed by atoms with Gasteiger partial charge < -0.3 is 4.74 Å². The van der Waals surface area contributed by atoms with Crippen LogP contribution in [0.1, 0.15) is 30.0 Å². The lowest BCUT2D eigenvalue weighted by Gasteiger charge is -2.22. The molecule has 2 heterocycles. The van der Waals surface area contributed by atoms with Gasteiger partial charge in [0.2, 0.25) is 0 Å². The number of carbonyl (C=O) groups excluding carboxylic acids is 1. The molecule has 0 spiro atoms. The van der Waals surface area contributed by atoms with Gasteiger partial charge in [0, 0.05) is 17.3 Å². The Balaban J connectivity index is 2.05. The number of nitrogens with zero attached hydrogens (tertiary/aromatic N) is 2. The normalized spacial score (nSPS) is 17.0. The Hall–Kier alpha value is -2.67. The van der Waals surface area contributed by atoms with Crippen molar-refractivity contribution in [2.75, 3.05) is 7.11 Å². The second kappa shape index (κ2) is 6.25. The van der Waals surface area contributed by atoms with E-state index in [1.54, 1.807) is 42.6 Å². The lowest BCUT2D eigenvalue weighted by molar-refractivity contribution is -0.142. The molecule has 1 aliphatic carbocycles. The minimum Gasteiger partial charge on any atom is -0.469 e. The van der Waals surface area contributed by atoms with Crippen LogP contribution in [0.5, 0.6) is 0 Å². The summed E-state index contributed by atoms with van der Waals surface area (Å²) in [6.45, 7) is 0. The summed E-state index contributed by atoms with van der Waals surface area (Å²) < 4.78 is 32.9. The molecule has 3 aromatic rings. The number of methoxy groups -OCH3 is 1. The second-order valence-electron chi connectivity index (χ2n) is 6.29. The molecule has 0 radical (unpaired) electrons. The molecule has 2 aromatic heterocycles. The van der Waals surface area contributed by atoms with Crippen LogP contribution in [0.4, 0.5) is 0 Å². The first-order valence-corrected chi connectivity index (χ1v) is 9.86. The molecule has 0 amide bonds. The summed E-state index contributed by atoms with van der Waals surface area (Å²) in [4.78, 5) is 16.8. The van der Waals surface area contributed by atoms with Crippen molar-refractivity contribution in [3.05, 3.63) is 59.9 Å². The van der Waals surface area contributed by atoms with E-state index >= 15 is 0 Å². The third kappa shape index (κ3) is 2.42. The molecule has 0 fully saturated rings. The molecule has 1 atom stereocenters. The number of ether oxygens (including phenoxy) is 1. The first-order valence-electron chi connectivity index (χ1n) is 8.42. The Bertz CT molecular complexity index is 1090. The standard InChI is InChI=1S/C19H18N2O4S/c1-25-19(22)15-9-5-11-16-17(15)14-10-6-12-20-18(14)21(16)26(23,24)13-7-3-2-4-8-13/h2-4,6-8,10,12,15H,5,9,11H2,1H3. The highest BCUT2D eigenvalue weighted by atomic mass is 32.2. The van der Waals surface area contributed by atoms with Crippen LogP contribution in [0.25, 0.3) is 11.0 Å². The maximum atomic E-state index is 13.3. The van der Waals surface area contributed by atoms with Crippen LogP contribution in [-0.4, -0.2) is 30.5 Å². The summed E-state index contributed by atoms with van der Waals surface area (Å²) in [5.41, 5.74) is 1.71. The van der Waals surface area contributed by atoms with Crippen LogP contribution in [0.2, 0.25) is 0 Å². The fraction of sp³-hybridized carbons (Fsp3) is 0.263. The van der Waals surface area contributed by atoms with Gasteiger partial charge >= 0.3 is 5.97 Å². The van der Waals surface area contributed by atoms with E-state index in [4.69, 9.17) is 4.74 Å². The van der Waals surface area contributed by atoms with E-state index in [0.717, 1.165) is 5.56 Å². The number of rotatable bonds is 3. The summed E-state index contributed by atoms with van der Waals surface area (Å²) in [5.74, 6) is -0.811. The lowest BCUT2D eigenvalue weighted by atomic mass is 9.85. The molecule has 1 aliphatic rings. The van der Waals surface area contributed by atoms with Crippen molar-refractivity contribution in [1.82, 2.24) is 8.96 Å². The summed E-state index contributed by atoms with van der Waals surface area (Å²) in [5, 5.41) is 0.692. The summed E-state index contributed by atoms with van der Waals surface area (Å²) in [7, 11) is -2.46. The van der Waals surface area contributed by atoms with Crippen LogP contribution < -0.4 is 0 Å². The third-order valence-electron chi connectivity index (χ3n) is 4.85. The summed E-state index contributed by atoms with van der Waals surface area (Å²) in [6.07, 6.45) is 3.50. The Morgan fingerprint density at radius 1 is 1.19 bits per heavy atom. The summed E-state index contributed by atoms with van der Waals surface area (Å²) in [6, 6.07) is 11.9. The van der Waals surface area contributed by atoms with Crippen LogP contribution in [0.3, 0.4) is 0 Å². The molecule has 7 heteroatoms. The van der Waals surface area contributed by atoms with E-state index in [0.29, 0.717) is 36.0 Å². The van der Waals surface area contributed by atoms with Crippen molar-refractivity contribution >= 4 is 27.0 Å². The van der Waals surface area contributed by atoms with Crippen LogP contribution in [-0.2, 0) is 26.0 Å². The molecular formula is C19H18N2O4S. The highest BCUT2D eigenvalue weighted by Crippen LogP contribution is 2.40. The molecule has 26 heavy (non-hydrogen) atoms. The number of fused-ring (bicyclic) bond motifs is 3. The van der Waals surface area contributed by atoms with Gasteiger partial charge in [0.05, 0.1) is 17.9 Å². The van der Waals surface area contributed by atoms with Gasteiger partial charge in [0.1, 0.15) is 0 Å². The SMILES string of the molecule is COC(=O)C1CCCc2c1c1cccnc1n2S(=O)(=O)c1ccccc1. The molecule has 4 rings (SSSR count). The molecular weight excluding hydrogens is 352 g/mol. The van der Waals surface area contributed by atoms with Crippen molar-refractivity contribution in [3.8, 4) is 0 Å². The number of benzene rings is 1. The number of carbonyl (C=O) groups is 1. The van der Waals surface area contributed by atoms with Crippen molar-refractivity contribution in [2.24, 2.45) is 0 Å². The van der Waals surface area contributed by atoms with Crippen LogP contribution >= 0.6 is 0 Å². The zero-order chi connectivity index (χ0) is 18.3. The van der Waals surface area contributed by atoms with Gasteiger partial charge in [-0.05, 0) is 49.1 Å². The maximum absolute atomic E-state index is 13.3. The molecule has 0 bridgehead atoms. The van der Waals surface area contributed by atoms with E-state index < -0.39 is 15.9 Å². The average Bonchev–Trinajstić information content (AvgIpc) is 3.03. The van der Waals surface area contributed by atoms with Crippen molar-refractivity contribution < 1.29 is 17.9 Å². The van der Waals surface area contributed by atoms with E-state index in [1.807, 2.05) is 6.07 Å². The van der Waals surface area contributed by atoms with Crippen LogP contribution in [0.15, 0.2) is 53.6 Å². The Labute approximate surface area is 151 Å². The number of pyridine rings is 1. The monoisotopic (exact) mass is 370 g/mol. The smallest absolute Gasteiger partial charge is 0.313 e. The van der Waals surface area contributed by atoms with Gasteiger partial charge in [0.25, 0.3) is 10.0 Å². The van der Waals surface area contributed by atoms with Crippen molar-refractivity contribution in [2.45, 2.75) is 30.1 Å². The quantitative estimate of drug-likeness (QED) is 0.663. The van der Waals surface area contributed by atoms with Crippen molar-refractivity contribution in [1.29, 1.82) is 0 Å². The topological polar surface area (TPSA) is 78.3 Å². The predicted molar refractivity (Wildman–Crippen MR) is 96.5 cm³/mol. The Morgan fingerprint density at radius 2 is 1.96 bits per heavy atom. The fourth-order valence-corrected chi connectivity index (χ4v) is 5.30. The first-order chi connectivity index (χ1) is 12.6. The van der Waals surface area contributed by atoms with Gasteiger partial charge in [0.15, 0.2) is 5.65 Å². The fourth-order valence-electron chi connectivity index (χ4n) is 3.74. The predicted octanol–water partition coefficient (Wildman–Crippen LogP) is 2.87. The van der Waals surface area contributed by atoms with Gasteiger partial charge in [-0.3, -0.25) is 4.79 Å². The molecule has 6 nitrogen and oxygen atoms in total. The van der Waals surface area contributed by atoms with E-state index in [-0.39, 0.29) is 10.9 Å². The molecule has 134 valence electrons. The highest BCUT2D eigenvalue weighted by Gasteiger charge is 2.36. The van der Waals surface area contributed by atoms with E-state index in [1.165, 1.54) is 11.1 Å². The van der Waals surface area contributed by atoms with Gasteiger partial charge in [-0.25, -0.2) is 17.4 Å². The molecule has 1 unspecified atom stereocenters. The van der Waals surface area contributed by atoms with Crippen molar-refractivity contribution in [3.63, 3.8) is 0 Å². The van der Waals surface area contributed by atoms with Gasteiger partial charge in [-0.2, -0.15) is 0 Å². The van der Waals surface area contributed by atoms with Crippen LogP contribution in [0, 0.1) is 0 Å². The molecule has 0 saturated heterocycles. The number of hydrogen-bond acceptors (Lipinski definition) is 5. The average molecular weight is 370 g/mol. The summed E-state index contributed by atoms with van der Waals surface area (Å²) >= 11 is 0. The number of aromatic nitrogens is 2. The minimum absolute atomic E-state index is 0.200. The maximum Gasteiger partial charge on any atom is 0.313 e. The number of hydrogen-bond donors (Lipinski definition) is 0. The van der Waals surface area contributed by atoms with E-state index in [9.17, 15) is 13.2 Å². The Kier molecular flexibility index (Phi) is 4.03. The Morgan fingerprint density at radius 3 is 2.69 bits per heavy atom. The zero-order valence-corrected chi connectivity index (χ0v) is 15.1. The minimum atomic E-state index is -3.82. The van der Waals surface area contributed by atoms with E-state index in [2.05, 4.69) is 4.98 Å². The molecule has 0 N–H and O–H groups in total. The second-order valence-corrected chi connectivity index (χ2v) is 8.07. The third-order valence-corrected chi connectivity index (χ3v) is 6.59. The molecule has 1 aromatic carbocycles. The number of esters is 1. The molecule has 0 saturated carbocycles. The largest absolute Gasteiger partial charge is 0.469 e. The van der Waals surface area contributed by atoms with Gasteiger partial charge in [-0.15, -0.1) is 0 Å². The highest BCUT2D eigenvalue weighted by molar-refractivity contribution is 7.90. The first kappa shape index (κ1) is 16.8.